The largest absolute Gasteiger partial charge is 0.474 e. The first-order chi connectivity index (χ1) is 9.30. The van der Waals surface area contributed by atoms with Crippen molar-refractivity contribution < 1.29 is 4.74 Å². The van der Waals surface area contributed by atoms with Gasteiger partial charge in [-0.05, 0) is 44.4 Å². The molecule has 2 rings (SSSR count). The Morgan fingerprint density at radius 2 is 1.90 bits per heavy atom. The van der Waals surface area contributed by atoms with Gasteiger partial charge in [0.1, 0.15) is 17.7 Å². The van der Waals surface area contributed by atoms with E-state index >= 15 is 0 Å². The summed E-state index contributed by atoms with van der Waals surface area (Å²) in [6.45, 7) is 10.9. The standard InChI is InChI=1S/C16H27N3O/c1-10-7-13(9-16(4,5)8-10)20-15-11(2)14(17-6)18-12(3)19-15/h10,13H,7-9H2,1-6H3,(H,17,18,19). The average molecular weight is 277 g/mol. The lowest BCUT2D eigenvalue weighted by atomic mass is 9.71. The fourth-order valence-electron chi connectivity index (χ4n) is 3.47. The maximum atomic E-state index is 6.22. The Hall–Kier alpha value is -1.32. The monoisotopic (exact) mass is 277 g/mol. The number of nitrogens with one attached hydrogen (secondary N) is 1. The molecule has 1 aromatic heterocycles. The molecule has 1 N–H and O–H groups in total. The normalized spacial score (nSPS) is 25.3. The van der Waals surface area contributed by atoms with Crippen LogP contribution in [0.15, 0.2) is 0 Å². The van der Waals surface area contributed by atoms with E-state index in [0.29, 0.717) is 11.3 Å². The molecule has 1 fully saturated rings. The summed E-state index contributed by atoms with van der Waals surface area (Å²) in [6, 6.07) is 0. The minimum atomic E-state index is 0.256. The van der Waals surface area contributed by atoms with Gasteiger partial charge < -0.3 is 10.1 Å². The number of anilines is 1. The van der Waals surface area contributed by atoms with Gasteiger partial charge in [0, 0.05) is 7.05 Å². The Labute approximate surface area is 122 Å². The molecule has 2 atom stereocenters. The van der Waals surface area contributed by atoms with Crippen LogP contribution in [-0.4, -0.2) is 23.1 Å². The van der Waals surface area contributed by atoms with Crippen LogP contribution in [0, 0.1) is 25.2 Å². The second-order valence-electron chi connectivity index (χ2n) is 6.95. The molecule has 0 spiro atoms. The van der Waals surface area contributed by atoms with E-state index in [4.69, 9.17) is 4.74 Å². The Kier molecular flexibility index (Phi) is 4.21. The molecule has 0 amide bonds. The fraction of sp³-hybridized carbons (Fsp3) is 0.750. The third-order valence-electron chi connectivity index (χ3n) is 4.07. The highest BCUT2D eigenvalue weighted by Crippen LogP contribution is 2.40. The van der Waals surface area contributed by atoms with Crippen LogP contribution in [0.1, 0.15) is 51.4 Å². The quantitative estimate of drug-likeness (QED) is 0.914. The number of nitrogens with zero attached hydrogens (tertiary/aromatic N) is 2. The molecule has 4 heteroatoms. The Morgan fingerprint density at radius 1 is 1.20 bits per heavy atom. The van der Waals surface area contributed by atoms with Crippen molar-refractivity contribution in [1.29, 1.82) is 0 Å². The second-order valence-corrected chi connectivity index (χ2v) is 6.95. The number of aromatic nitrogens is 2. The smallest absolute Gasteiger partial charge is 0.222 e. The van der Waals surface area contributed by atoms with Gasteiger partial charge in [-0.3, -0.25) is 0 Å². The number of aryl methyl sites for hydroxylation is 1. The molecular weight excluding hydrogens is 250 g/mol. The van der Waals surface area contributed by atoms with Gasteiger partial charge in [-0.15, -0.1) is 0 Å². The third-order valence-corrected chi connectivity index (χ3v) is 4.07. The van der Waals surface area contributed by atoms with E-state index in [-0.39, 0.29) is 6.10 Å². The van der Waals surface area contributed by atoms with E-state index < -0.39 is 0 Å². The molecule has 112 valence electrons. The lowest BCUT2D eigenvalue weighted by molar-refractivity contribution is 0.0526. The molecule has 0 saturated heterocycles. The highest BCUT2D eigenvalue weighted by molar-refractivity contribution is 5.48. The van der Waals surface area contributed by atoms with Crippen LogP contribution in [0.5, 0.6) is 5.88 Å². The van der Waals surface area contributed by atoms with Gasteiger partial charge in [-0.1, -0.05) is 20.8 Å². The Bertz CT molecular complexity index is 485. The minimum absolute atomic E-state index is 0.256. The van der Waals surface area contributed by atoms with Crippen LogP contribution < -0.4 is 10.1 Å². The second kappa shape index (κ2) is 5.58. The van der Waals surface area contributed by atoms with E-state index in [1.807, 2.05) is 20.9 Å². The molecular formula is C16H27N3O. The third kappa shape index (κ3) is 3.41. The van der Waals surface area contributed by atoms with Gasteiger partial charge in [0.15, 0.2) is 0 Å². The minimum Gasteiger partial charge on any atom is -0.474 e. The van der Waals surface area contributed by atoms with Gasteiger partial charge in [0.2, 0.25) is 5.88 Å². The van der Waals surface area contributed by atoms with Crippen LogP contribution in [0.4, 0.5) is 5.82 Å². The van der Waals surface area contributed by atoms with E-state index in [1.54, 1.807) is 0 Å². The zero-order valence-corrected chi connectivity index (χ0v) is 13.6. The number of hydrogen-bond acceptors (Lipinski definition) is 4. The summed E-state index contributed by atoms with van der Waals surface area (Å²) in [6.07, 6.45) is 3.73. The van der Waals surface area contributed by atoms with Gasteiger partial charge in [0.05, 0.1) is 5.56 Å². The topological polar surface area (TPSA) is 47.0 Å². The summed E-state index contributed by atoms with van der Waals surface area (Å²) in [5.74, 6) is 3.04. The summed E-state index contributed by atoms with van der Waals surface area (Å²) >= 11 is 0. The number of ether oxygens (including phenoxy) is 1. The van der Waals surface area contributed by atoms with Crippen molar-refractivity contribution in [2.45, 2.75) is 60.0 Å². The molecule has 0 radical (unpaired) electrons. The maximum Gasteiger partial charge on any atom is 0.222 e. The molecule has 2 unspecified atom stereocenters. The summed E-state index contributed by atoms with van der Waals surface area (Å²) in [7, 11) is 1.88. The van der Waals surface area contributed by atoms with E-state index in [1.165, 1.54) is 6.42 Å². The molecule has 0 aliphatic heterocycles. The van der Waals surface area contributed by atoms with Crippen molar-refractivity contribution in [3.8, 4) is 5.88 Å². The van der Waals surface area contributed by atoms with Crippen molar-refractivity contribution >= 4 is 5.82 Å². The van der Waals surface area contributed by atoms with Crippen LogP contribution in [-0.2, 0) is 0 Å². The lowest BCUT2D eigenvalue weighted by Crippen LogP contribution is -2.34. The van der Waals surface area contributed by atoms with Crippen molar-refractivity contribution in [2.75, 3.05) is 12.4 Å². The molecule has 20 heavy (non-hydrogen) atoms. The van der Waals surface area contributed by atoms with Gasteiger partial charge in [-0.2, -0.15) is 4.98 Å². The van der Waals surface area contributed by atoms with E-state index in [0.717, 1.165) is 35.9 Å². The molecule has 0 aromatic carbocycles. The van der Waals surface area contributed by atoms with Crippen LogP contribution >= 0.6 is 0 Å². The molecule has 0 bridgehead atoms. The molecule has 1 saturated carbocycles. The van der Waals surface area contributed by atoms with E-state index in [2.05, 4.69) is 36.1 Å². The van der Waals surface area contributed by atoms with Crippen LogP contribution in [0.2, 0.25) is 0 Å². The summed E-state index contributed by atoms with van der Waals surface area (Å²) < 4.78 is 6.22. The average Bonchev–Trinajstić information content (AvgIpc) is 2.30. The predicted octanol–water partition coefficient (Wildman–Crippen LogP) is 3.73. The summed E-state index contributed by atoms with van der Waals surface area (Å²) in [5, 5.41) is 3.11. The fourth-order valence-corrected chi connectivity index (χ4v) is 3.47. The molecule has 1 aliphatic carbocycles. The molecule has 1 aromatic rings. The van der Waals surface area contributed by atoms with Gasteiger partial charge in [0.25, 0.3) is 0 Å². The maximum absolute atomic E-state index is 6.22. The van der Waals surface area contributed by atoms with Gasteiger partial charge >= 0.3 is 0 Å². The zero-order valence-electron chi connectivity index (χ0n) is 13.6. The SMILES string of the molecule is CNc1nc(C)nc(OC2CC(C)CC(C)(C)C2)c1C. The first kappa shape index (κ1) is 15.1. The highest BCUT2D eigenvalue weighted by Gasteiger charge is 2.33. The lowest BCUT2D eigenvalue weighted by Gasteiger charge is -2.38. The molecule has 1 heterocycles. The number of rotatable bonds is 3. The van der Waals surface area contributed by atoms with Crippen LogP contribution in [0.3, 0.4) is 0 Å². The van der Waals surface area contributed by atoms with Crippen molar-refractivity contribution in [2.24, 2.45) is 11.3 Å². The van der Waals surface area contributed by atoms with Gasteiger partial charge in [-0.25, -0.2) is 4.98 Å². The van der Waals surface area contributed by atoms with Crippen molar-refractivity contribution in [3.63, 3.8) is 0 Å². The first-order valence-corrected chi connectivity index (χ1v) is 7.50. The van der Waals surface area contributed by atoms with Crippen LogP contribution in [0.25, 0.3) is 0 Å². The summed E-state index contributed by atoms with van der Waals surface area (Å²) in [4.78, 5) is 8.86. The highest BCUT2D eigenvalue weighted by atomic mass is 16.5. The zero-order chi connectivity index (χ0) is 14.9. The summed E-state index contributed by atoms with van der Waals surface area (Å²) in [5.41, 5.74) is 1.35. The number of hydrogen-bond donors (Lipinski definition) is 1. The molecule has 1 aliphatic rings. The van der Waals surface area contributed by atoms with Crippen molar-refractivity contribution in [3.05, 3.63) is 11.4 Å². The van der Waals surface area contributed by atoms with E-state index in [9.17, 15) is 0 Å². The Balaban J connectivity index is 2.19. The first-order valence-electron chi connectivity index (χ1n) is 7.50. The Morgan fingerprint density at radius 3 is 2.50 bits per heavy atom. The van der Waals surface area contributed by atoms with Crippen molar-refractivity contribution in [1.82, 2.24) is 9.97 Å². The predicted molar refractivity (Wildman–Crippen MR) is 82.3 cm³/mol. The molecule has 4 nitrogen and oxygen atoms in total.